The molecule has 7 nitrogen and oxygen atoms in total. The predicted molar refractivity (Wildman–Crippen MR) is 114 cm³/mol. The summed E-state index contributed by atoms with van der Waals surface area (Å²) < 4.78 is 5.20. The Morgan fingerprint density at radius 2 is 1.87 bits per heavy atom. The van der Waals surface area contributed by atoms with Gasteiger partial charge in [-0.05, 0) is 42.8 Å². The van der Waals surface area contributed by atoms with Gasteiger partial charge in [-0.15, -0.1) is 0 Å². The predicted octanol–water partition coefficient (Wildman–Crippen LogP) is 3.06. The summed E-state index contributed by atoms with van der Waals surface area (Å²) in [6.07, 6.45) is -0.0804. The van der Waals surface area contributed by atoms with Crippen LogP contribution in [0.1, 0.15) is 11.1 Å². The highest BCUT2D eigenvalue weighted by atomic mass is 35.5. The van der Waals surface area contributed by atoms with Crippen molar-refractivity contribution in [1.82, 2.24) is 4.90 Å². The third-order valence-electron chi connectivity index (χ3n) is 5.54. The van der Waals surface area contributed by atoms with Crippen LogP contribution in [0.4, 0.5) is 5.69 Å². The fourth-order valence-corrected chi connectivity index (χ4v) is 3.97. The number of phenols is 2. The zero-order valence-corrected chi connectivity index (χ0v) is 17.1. The fraction of sp³-hybridized carbons (Fsp3) is 0.273. The lowest BCUT2D eigenvalue weighted by Gasteiger charge is -2.36. The van der Waals surface area contributed by atoms with Crippen LogP contribution in [0.2, 0.25) is 5.02 Å². The molecule has 2 aromatic carbocycles. The quantitative estimate of drug-likeness (QED) is 0.492. The third-order valence-corrected chi connectivity index (χ3v) is 5.78. The van der Waals surface area contributed by atoms with Crippen LogP contribution in [0.3, 0.4) is 0 Å². The number of piperazine rings is 1. The normalized spacial score (nSPS) is 14.3. The summed E-state index contributed by atoms with van der Waals surface area (Å²) in [6.45, 7) is 4.13. The smallest absolute Gasteiger partial charge is 0.340 e. The van der Waals surface area contributed by atoms with E-state index in [-0.39, 0.29) is 29.2 Å². The van der Waals surface area contributed by atoms with Gasteiger partial charge in [-0.25, -0.2) is 4.79 Å². The molecular formula is C22H21ClN2O5. The zero-order chi connectivity index (χ0) is 21.4. The molecule has 0 bridgehead atoms. The van der Waals surface area contributed by atoms with Gasteiger partial charge in [0.15, 0.2) is 11.3 Å². The lowest BCUT2D eigenvalue weighted by Crippen LogP contribution is -2.49. The van der Waals surface area contributed by atoms with Crippen molar-refractivity contribution in [2.24, 2.45) is 0 Å². The number of fused-ring (bicyclic) bond motifs is 1. The average Bonchev–Trinajstić information content (AvgIpc) is 2.74. The van der Waals surface area contributed by atoms with Crippen LogP contribution in [0.25, 0.3) is 11.0 Å². The number of benzene rings is 2. The number of phenolic OH excluding ortho intramolecular Hbond substituents is 2. The first-order chi connectivity index (χ1) is 14.3. The number of carbonyl (C=O) groups excluding carboxylic acids is 1. The molecule has 1 fully saturated rings. The zero-order valence-electron chi connectivity index (χ0n) is 16.4. The molecule has 1 aliphatic rings. The molecule has 1 saturated heterocycles. The highest BCUT2D eigenvalue weighted by Crippen LogP contribution is 2.34. The molecule has 1 aliphatic heterocycles. The van der Waals surface area contributed by atoms with Crippen molar-refractivity contribution in [3.63, 3.8) is 0 Å². The summed E-state index contributed by atoms with van der Waals surface area (Å²) in [5.74, 6) is -1.01. The Hall–Kier alpha value is -3.19. The van der Waals surface area contributed by atoms with Crippen molar-refractivity contribution in [3.05, 3.63) is 63.0 Å². The van der Waals surface area contributed by atoms with Gasteiger partial charge in [0.05, 0.1) is 12.0 Å². The summed E-state index contributed by atoms with van der Waals surface area (Å²) in [5.41, 5.74) is 1.07. The molecule has 2 N–H and O–H groups in total. The molecule has 0 unspecified atom stereocenters. The molecule has 0 saturated carbocycles. The number of aromatic hydroxyl groups is 2. The van der Waals surface area contributed by atoms with Crippen molar-refractivity contribution in [3.8, 4) is 11.5 Å². The minimum absolute atomic E-state index is 0.0798. The summed E-state index contributed by atoms with van der Waals surface area (Å²) in [6, 6.07) is 10.5. The van der Waals surface area contributed by atoms with Crippen LogP contribution in [0.5, 0.6) is 11.5 Å². The van der Waals surface area contributed by atoms with E-state index < -0.39 is 11.4 Å². The molecule has 30 heavy (non-hydrogen) atoms. The second-order valence-electron chi connectivity index (χ2n) is 7.33. The van der Waals surface area contributed by atoms with Gasteiger partial charge in [0.25, 0.3) is 0 Å². The molecule has 0 aliphatic carbocycles. The second kappa shape index (κ2) is 7.91. The molecule has 2 heterocycles. The molecular weight excluding hydrogens is 408 g/mol. The Kier molecular flexibility index (Phi) is 5.30. The monoisotopic (exact) mass is 428 g/mol. The summed E-state index contributed by atoms with van der Waals surface area (Å²) in [4.78, 5) is 29.2. The lowest BCUT2D eigenvalue weighted by atomic mass is 10.0. The molecule has 0 atom stereocenters. The third kappa shape index (κ3) is 3.68. The highest BCUT2D eigenvalue weighted by molar-refractivity contribution is 6.30. The number of anilines is 1. The van der Waals surface area contributed by atoms with E-state index in [9.17, 15) is 19.8 Å². The first kappa shape index (κ1) is 20.1. The van der Waals surface area contributed by atoms with Crippen molar-refractivity contribution >= 4 is 34.2 Å². The lowest BCUT2D eigenvalue weighted by molar-refractivity contribution is -0.130. The molecule has 1 amide bonds. The Morgan fingerprint density at radius 1 is 1.13 bits per heavy atom. The summed E-state index contributed by atoms with van der Waals surface area (Å²) >= 11 is 6.06. The number of hydrogen-bond acceptors (Lipinski definition) is 6. The van der Waals surface area contributed by atoms with Gasteiger partial charge in [-0.3, -0.25) is 4.79 Å². The van der Waals surface area contributed by atoms with Gasteiger partial charge >= 0.3 is 5.63 Å². The SMILES string of the molecule is Cc1c(CC(=O)N2CCN(c3cccc(Cl)c3)CC2)c(=O)oc2c(O)c(O)ccc12. The van der Waals surface area contributed by atoms with Crippen LogP contribution >= 0.6 is 11.6 Å². The number of hydrogen-bond donors (Lipinski definition) is 2. The summed E-state index contributed by atoms with van der Waals surface area (Å²) in [5, 5.41) is 20.7. The van der Waals surface area contributed by atoms with Gasteiger partial charge < -0.3 is 24.4 Å². The Bertz CT molecular complexity index is 1180. The van der Waals surface area contributed by atoms with Gasteiger partial charge in [-0.1, -0.05) is 17.7 Å². The van der Waals surface area contributed by atoms with Crippen LogP contribution in [0.15, 0.2) is 45.6 Å². The van der Waals surface area contributed by atoms with Gasteiger partial charge in [-0.2, -0.15) is 0 Å². The van der Waals surface area contributed by atoms with Crippen LogP contribution in [0, 0.1) is 6.92 Å². The maximum absolute atomic E-state index is 12.8. The van der Waals surface area contributed by atoms with Gasteiger partial charge in [0, 0.05) is 42.3 Å². The van der Waals surface area contributed by atoms with E-state index >= 15 is 0 Å². The van der Waals surface area contributed by atoms with Crippen molar-refractivity contribution in [2.75, 3.05) is 31.1 Å². The molecule has 8 heteroatoms. The van der Waals surface area contributed by atoms with Crippen molar-refractivity contribution in [1.29, 1.82) is 0 Å². The number of nitrogens with zero attached hydrogens (tertiary/aromatic N) is 2. The Morgan fingerprint density at radius 3 is 2.57 bits per heavy atom. The van der Waals surface area contributed by atoms with E-state index in [1.807, 2.05) is 24.3 Å². The molecule has 0 radical (unpaired) electrons. The molecule has 3 aromatic rings. The summed E-state index contributed by atoms with van der Waals surface area (Å²) in [7, 11) is 0. The molecule has 1 aromatic heterocycles. The van der Waals surface area contributed by atoms with Crippen LogP contribution in [-0.2, 0) is 11.2 Å². The number of aryl methyl sites for hydroxylation is 1. The average molecular weight is 429 g/mol. The van der Waals surface area contributed by atoms with Gasteiger partial charge in [0.1, 0.15) is 0 Å². The molecule has 156 valence electrons. The van der Waals surface area contributed by atoms with E-state index in [0.717, 1.165) is 5.69 Å². The first-order valence-electron chi connectivity index (χ1n) is 9.60. The van der Waals surface area contributed by atoms with E-state index in [1.54, 1.807) is 17.9 Å². The standard InChI is InChI=1S/C22H21ClN2O5/c1-13-16-5-6-18(26)20(28)21(16)30-22(29)17(13)12-19(27)25-9-7-24(8-10-25)15-4-2-3-14(23)11-15/h2-6,11,26,28H,7-10,12H2,1H3. The number of rotatable bonds is 3. The fourth-order valence-electron chi connectivity index (χ4n) is 3.78. The minimum atomic E-state index is -0.688. The maximum Gasteiger partial charge on any atom is 0.340 e. The topological polar surface area (TPSA) is 94.2 Å². The van der Waals surface area contributed by atoms with Crippen LogP contribution in [-0.4, -0.2) is 47.2 Å². The largest absolute Gasteiger partial charge is 0.504 e. The maximum atomic E-state index is 12.8. The van der Waals surface area contributed by atoms with E-state index in [4.69, 9.17) is 16.0 Å². The second-order valence-corrected chi connectivity index (χ2v) is 7.76. The molecule has 0 spiro atoms. The Labute approximate surface area is 177 Å². The van der Waals surface area contributed by atoms with Crippen molar-refractivity contribution in [2.45, 2.75) is 13.3 Å². The molecule has 4 rings (SSSR count). The van der Waals surface area contributed by atoms with Crippen LogP contribution < -0.4 is 10.5 Å². The van der Waals surface area contributed by atoms with E-state index in [0.29, 0.717) is 42.2 Å². The number of amides is 1. The Balaban J connectivity index is 1.50. The number of carbonyl (C=O) groups is 1. The highest BCUT2D eigenvalue weighted by Gasteiger charge is 2.24. The van der Waals surface area contributed by atoms with Gasteiger partial charge in [0.2, 0.25) is 11.7 Å². The van der Waals surface area contributed by atoms with Crippen molar-refractivity contribution < 1.29 is 19.4 Å². The van der Waals surface area contributed by atoms with E-state index in [1.165, 1.54) is 6.07 Å². The van der Waals surface area contributed by atoms with E-state index in [2.05, 4.69) is 4.90 Å². The minimum Gasteiger partial charge on any atom is -0.504 e. The number of halogens is 1. The first-order valence-corrected chi connectivity index (χ1v) is 9.98.